The third-order valence-electron chi connectivity index (χ3n) is 3.14. The first-order chi connectivity index (χ1) is 7.74. The SMILES string of the molecule is OC1CCCC(CNCc2csc(Br)c2)C1. The van der Waals surface area contributed by atoms with Gasteiger partial charge in [0, 0.05) is 6.54 Å². The highest BCUT2D eigenvalue weighted by Gasteiger charge is 2.19. The van der Waals surface area contributed by atoms with Gasteiger partial charge in [-0.05, 0) is 64.7 Å². The van der Waals surface area contributed by atoms with Crippen molar-refractivity contribution in [2.45, 2.75) is 38.3 Å². The first-order valence-electron chi connectivity index (χ1n) is 5.85. The Morgan fingerprint density at radius 3 is 3.06 bits per heavy atom. The molecule has 0 radical (unpaired) electrons. The van der Waals surface area contributed by atoms with E-state index in [1.54, 1.807) is 11.3 Å². The van der Waals surface area contributed by atoms with Gasteiger partial charge in [-0.1, -0.05) is 6.42 Å². The Bertz CT molecular complexity index is 329. The molecule has 2 nitrogen and oxygen atoms in total. The van der Waals surface area contributed by atoms with Crippen LogP contribution in [0.4, 0.5) is 0 Å². The predicted molar refractivity (Wildman–Crippen MR) is 71.7 cm³/mol. The summed E-state index contributed by atoms with van der Waals surface area (Å²) in [4.78, 5) is 0. The van der Waals surface area contributed by atoms with Crippen LogP contribution in [-0.4, -0.2) is 17.8 Å². The molecule has 0 aliphatic heterocycles. The van der Waals surface area contributed by atoms with Gasteiger partial charge in [-0.3, -0.25) is 0 Å². The van der Waals surface area contributed by atoms with Crippen LogP contribution in [-0.2, 0) is 6.54 Å². The van der Waals surface area contributed by atoms with Crippen molar-refractivity contribution in [2.75, 3.05) is 6.54 Å². The fourth-order valence-corrected chi connectivity index (χ4v) is 3.52. The van der Waals surface area contributed by atoms with E-state index in [1.807, 2.05) is 0 Å². The summed E-state index contributed by atoms with van der Waals surface area (Å²) in [5.74, 6) is 0.658. The molecule has 1 aliphatic carbocycles. The lowest BCUT2D eigenvalue weighted by Gasteiger charge is -2.25. The molecule has 1 aromatic heterocycles. The fraction of sp³-hybridized carbons (Fsp3) is 0.667. The summed E-state index contributed by atoms with van der Waals surface area (Å²) in [5.41, 5.74) is 1.34. The van der Waals surface area contributed by atoms with Crippen molar-refractivity contribution >= 4 is 27.3 Å². The van der Waals surface area contributed by atoms with Crippen molar-refractivity contribution in [2.24, 2.45) is 5.92 Å². The Balaban J connectivity index is 1.67. The number of aliphatic hydroxyl groups is 1. The van der Waals surface area contributed by atoms with Crippen molar-refractivity contribution in [1.29, 1.82) is 0 Å². The molecule has 2 rings (SSSR count). The Hall–Kier alpha value is 0.100. The quantitative estimate of drug-likeness (QED) is 0.895. The monoisotopic (exact) mass is 303 g/mol. The van der Waals surface area contributed by atoms with Gasteiger partial charge >= 0.3 is 0 Å². The molecule has 1 fully saturated rings. The van der Waals surface area contributed by atoms with Crippen molar-refractivity contribution in [3.05, 3.63) is 20.8 Å². The molecule has 0 aromatic carbocycles. The first kappa shape index (κ1) is 12.6. The molecule has 90 valence electrons. The molecule has 1 saturated carbocycles. The highest BCUT2D eigenvalue weighted by Crippen LogP contribution is 2.24. The van der Waals surface area contributed by atoms with Gasteiger partial charge in [0.2, 0.25) is 0 Å². The third-order valence-corrected chi connectivity index (χ3v) is 4.69. The van der Waals surface area contributed by atoms with Crippen LogP contribution < -0.4 is 5.32 Å². The number of thiophene rings is 1. The average molecular weight is 304 g/mol. The third kappa shape index (κ3) is 3.84. The van der Waals surface area contributed by atoms with E-state index in [9.17, 15) is 5.11 Å². The number of hydrogen-bond acceptors (Lipinski definition) is 3. The van der Waals surface area contributed by atoms with Crippen molar-refractivity contribution < 1.29 is 5.11 Å². The second-order valence-electron chi connectivity index (χ2n) is 4.58. The van der Waals surface area contributed by atoms with Crippen molar-refractivity contribution in [1.82, 2.24) is 5.32 Å². The average Bonchev–Trinajstić information content (AvgIpc) is 2.64. The number of hydrogen-bond donors (Lipinski definition) is 2. The fourth-order valence-electron chi connectivity index (χ4n) is 2.31. The lowest BCUT2D eigenvalue weighted by molar-refractivity contribution is 0.101. The molecule has 1 heterocycles. The Labute approximate surface area is 109 Å². The molecule has 1 aliphatic rings. The van der Waals surface area contributed by atoms with Gasteiger partial charge < -0.3 is 10.4 Å². The standard InChI is InChI=1S/C12H18BrNOS/c13-12-5-10(8-16-12)7-14-6-9-2-1-3-11(15)4-9/h5,8-9,11,14-15H,1-4,6-7H2. The van der Waals surface area contributed by atoms with Gasteiger partial charge in [-0.25, -0.2) is 0 Å². The number of rotatable bonds is 4. The lowest BCUT2D eigenvalue weighted by atomic mass is 9.87. The van der Waals surface area contributed by atoms with E-state index in [2.05, 4.69) is 32.7 Å². The van der Waals surface area contributed by atoms with Gasteiger partial charge in [0.05, 0.1) is 9.89 Å². The van der Waals surface area contributed by atoms with Crippen LogP contribution in [0.25, 0.3) is 0 Å². The minimum absolute atomic E-state index is 0.0594. The molecule has 0 amide bonds. The molecule has 0 spiro atoms. The van der Waals surface area contributed by atoms with Crippen LogP contribution in [0.1, 0.15) is 31.2 Å². The van der Waals surface area contributed by atoms with E-state index in [4.69, 9.17) is 0 Å². The van der Waals surface area contributed by atoms with Crippen LogP contribution in [0.3, 0.4) is 0 Å². The normalized spacial score (nSPS) is 25.9. The van der Waals surface area contributed by atoms with Crippen LogP contribution in [0.15, 0.2) is 15.2 Å². The van der Waals surface area contributed by atoms with Gasteiger partial charge in [0.1, 0.15) is 0 Å². The lowest BCUT2D eigenvalue weighted by Crippen LogP contribution is -2.28. The molecule has 2 atom stereocenters. The van der Waals surface area contributed by atoms with Crippen LogP contribution in [0.5, 0.6) is 0 Å². The molecule has 4 heteroatoms. The van der Waals surface area contributed by atoms with Crippen molar-refractivity contribution in [3.8, 4) is 0 Å². The Kier molecular flexibility index (Phi) is 4.82. The molecule has 2 N–H and O–H groups in total. The smallest absolute Gasteiger partial charge is 0.0701 e. The number of aliphatic hydroxyl groups excluding tert-OH is 1. The van der Waals surface area contributed by atoms with E-state index in [0.29, 0.717) is 5.92 Å². The first-order valence-corrected chi connectivity index (χ1v) is 7.53. The largest absolute Gasteiger partial charge is 0.393 e. The van der Waals surface area contributed by atoms with Crippen LogP contribution in [0, 0.1) is 5.92 Å². The summed E-state index contributed by atoms with van der Waals surface area (Å²) in [6.45, 7) is 1.97. The van der Waals surface area contributed by atoms with Crippen LogP contribution in [0.2, 0.25) is 0 Å². The van der Waals surface area contributed by atoms with Gasteiger partial charge in [-0.2, -0.15) is 0 Å². The number of halogens is 1. The van der Waals surface area contributed by atoms with Gasteiger partial charge in [0.25, 0.3) is 0 Å². The second-order valence-corrected chi connectivity index (χ2v) is 6.87. The topological polar surface area (TPSA) is 32.3 Å². The summed E-state index contributed by atoms with van der Waals surface area (Å²) in [6, 6.07) is 2.16. The summed E-state index contributed by atoms with van der Waals surface area (Å²) >= 11 is 5.19. The molecular weight excluding hydrogens is 286 g/mol. The molecule has 0 saturated heterocycles. The zero-order valence-corrected chi connectivity index (χ0v) is 11.7. The zero-order chi connectivity index (χ0) is 11.4. The summed E-state index contributed by atoms with van der Waals surface area (Å²) in [7, 11) is 0. The van der Waals surface area contributed by atoms with E-state index >= 15 is 0 Å². The van der Waals surface area contributed by atoms with E-state index < -0.39 is 0 Å². The molecule has 16 heavy (non-hydrogen) atoms. The Morgan fingerprint density at radius 2 is 2.38 bits per heavy atom. The highest BCUT2D eigenvalue weighted by atomic mass is 79.9. The minimum Gasteiger partial charge on any atom is -0.393 e. The van der Waals surface area contributed by atoms with E-state index in [1.165, 1.54) is 22.2 Å². The maximum absolute atomic E-state index is 9.57. The van der Waals surface area contributed by atoms with Gasteiger partial charge in [0.15, 0.2) is 0 Å². The summed E-state index contributed by atoms with van der Waals surface area (Å²) in [5, 5.41) is 15.2. The van der Waals surface area contributed by atoms with Crippen molar-refractivity contribution in [3.63, 3.8) is 0 Å². The molecular formula is C12H18BrNOS. The maximum Gasteiger partial charge on any atom is 0.0701 e. The molecule has 1 aromatic rings. The Morgan fingerprint density at radius 1 is 1.50 bits per heavy atom. The zero-order valence-electron chi connectivity index (χ0n) is 9.29. The van der Waals surface area contributed by atoms with Gasteiger partial charge in [-0.15, -0.1) is 11.3 Å². The predicted octanol–water partition coefficient (Wildman–Crippen LogP) is 3.15. The second kappa shape index (κ2) is 6.15. The molecule has 2 unspecified atom stereocenters. The summed E-state index contributed by atoms with van der Waals surface area (Å²) < 4.78 is 1.19. The molecule has 0 bridgehead atoms. The number of nitrogens with one attached hydrogen (secondary N) is 1. The van der Waals surface area contributed by atoms with E-state index in [-0.39, 0.29) is 6.10 Å². The highest BCUT2D eigenvalue weighted by molar-refractivity contribution is 9.11. The van der Waals surface area contributed by atoms with E-state index in [0.717, 1.165) is 25.9 Å². The van der Waals surface area contributed by atoms with Crippen LogP contribution >= 0.6 is 27.3 Å². The maximum atomic E-state index is 9.57. The minimum atomic E-state index is -0.0594. The summed E-state index contributed by atoms with van der Waals surface area (Å²) in [6.07, 6.45) is 4.35.